The van der Waals surface area contributed by atoms with Gasteiger partial charge in [-0.05, 0) is 6.92 Å². The summed E-state index contributed by atoms with van der Waals surface area (Å²) in [4.78, 5) is 0. The van der Waals surface area contributed by atoms with Crippen molar-refractivity contribution in [1.82, 2.24) is 9.78 Å². The van der Waals surface area contributed by atoms with Crippen LogP contribution >= 0.6 is 0 Å². The zero-order chi connectivity index (χ0) is 10.2. The molecule has 14 heavy (non-hydrogen) atoms. The molecule has 2 N–H and O–H groups in total. The number of rotatable bonds is 3. The van der Waals surface area contributed by atoms with Gasteiger partial charge >= 0.3 is 0 Å². The van der Waals surface area contributed by atoms with Crippen LogP contribution in [0, 0.1) is 5.41 Å². The molecule has 1 atom stereocenters. The molecule has 0 spiro atoms. The Labute approximate surface area is 84.0 Å². The van der Waals surface area contributed by atoms with Crippen LogP contribution in [0.1, 0.15) is 25.5 Å². The molecule has 2 heterocycles. The first-order valence-corrected chi connectivity index (χ1v) is 4.95. The lowest BCUT2D eigenvalue weighted by atomic mass is 9.89. The number of ether oxygens (including phenoxy) is 1. The summed E-state index contributed by atoms with van der Waals surface area (Å²) in [5, 5.41) is 4.29. The van der Waals surface area contributed by atoms with Crippen molar-refractivity contribution in [3.8, 4) is 0 Å². The Morgan fingerprint density at radius 2 is 2.43 bits per heavy atom. The first-order valence-electron chi connectivity index (χ1n) is 4.95. The lowest BCUT2D eigenvalue weighted by Crippen LogP contribution is -2.43. The van der Waals surface area contributed by atoms with Crippen molar-refractivity contribution in [1.29, 1.82) is 0 Å². The predicted molar refractivity (Wildman–Crippen MR) is 53.8 cm³/mol. The smallest absolute Gasteiger partial charge is 0.0560 e. The summed E-state index contributed by atoms with van der Waals surface area (Å²) in [6, 6.07) is 0.0641. The van der Waals surface area contributed by atoms with E-state index in [2.05, 4.69) is 12.0 Å². The van der Waals surface area contributed by atoms with E-state index in [1.165, 1.54) is 0 Å². The van der Waals surface area contributed by atoms with Crippen LogP contribution in [-0.2, 0) is 11.3 Å². The van der Waals surface area contributed by atoms with Crippen LogP contribution in [0.15, 0.2) is 12.4 Å². The van der Waals surface area contributed by atoms with Gasteiger partial charge in [-0.25, -0.2) is 0 Å². The van der Waals surface area contributed by atoms with Crippen LogP contribution in [0.4, 0.5) is 0 Å². The van der Waals surface area contributed by atoms with Crippen molar-refractivity contribution in [3.63, 3.8) is 0 Å². The quantitative estimate of drug-likeness (QED) is 0.781. The van der Waals surface area contributed by atoms with Crippen LogP contribution in [0.25, 0.3) is 0 Å². The molecule has 78 valence electrons. The molecule has 0 amide bonds. The second-order valence-corrected chi connectivity index (χ2v) is 4.56. The summed E-state index contributed by atoms with van der Waals surface area (Å²) in [5.41, 5.74) is 7.12. The fraction of sp³-hybridized carbons (Fsp3) is 0.700. The van der Waals surface area contributed by atoms with Crippen LogP contribution < -0.4 is 5.73 Å². The van der Waals surface area contributed by atoms with E-state index in [0.717, 1.165) is 25.3 Å². The van der Waals surface area contributed by atoms with Gasteiger partial charge in [-0.1, -0.05) is 6.92 Å². The summed E-state index contributed by atoms with van der Waals surface area (Å²) in [5.74, 6) is 0. The van der Waals surface area contributed by atoms with Gasteiger partial charge in [-0.3, -0.25) is 4.68 Å². The van der Waals surface area contributed by atoms with Crippen molar-refractivity contribution in [2.24, 2.45) is 11.1 Å². The monoisotopic (exact) mass is 195 g/mol. The molecular formula is C10H17N3O. The Morgan fingerprint density at radius 1 is 1.71 bits per heavy atom. The third kappa shape index (κ3) is 1.81. The van der Waals surface area contributed by atoms with Gasteiger partial charge in [0.1, 0.15) is 0 Å². The molecule has 1 saturated heterocycles. The van der Waals surface area contributed by atoms with Crippen LogP contribution in [0.5, 0.6) is 0 Å². The molecule has 1 aliphatic rings. The Hall–Kier alpha value is -0.870. The molecule has 0 aromatic carbocycles. The minimum atomic E-state index is 0.0641. The molecule has 1 unspecified atom stereocenters. The van der Waals surface area contributed by atoms with E-state index in [9.17, 15) is 0 Å². The maximum atomic E-state index is 5.76. The van der Waals surface area contributed by atoms with Gasteiger partial charge in [-0.15, -0.1) is 0 Å². The molecule has 0 radical (unpaired) electrons. The standard InChI is InChI=1S/C10H17N3O/c1-8(11)9-3-12-13(4-9)5-10(2)6-14-7-10/h3-4,8H,5-7,11H2,1-2H3. The highest BCUT2D eigenvalue weighted by Gasteiger charge is 2.33. The number of aromatic nitrogens is 2. The molecule has 4 nitrogen and oxygen atoms in total. The summed E-state index contributed by atoms with van der Waals surface area (Å²) in [7, 11) is 0. The lowest BCUT2D eigenvalue weighted by Gasteiger charge is -2.37. The molecule has 2 rings (SSSR count). The summed E-state index contributed by atoms with van der Waals surface area (Å²) >= 11 is 0. The van der Waals surface area contributed by atoms with Crippen molar-refractivity contribution >= 4 is 0 Å². The average molecular weight is 195 g/mol. The fourth-order valence-corrected chi connectivity index (χ4v) is 1.63. The summed E-state index contributed by atoms with van der Waals surface area (Å²) in [6.45, 7) is 6.76. The normalized spacial score (nSPS) is 21.6. The largest absolute Gasteiger partial charge is 0.380 e. The maximum Gasteiger partial charge on any atom is 0.0560 e. The molecule has 1 aliphatic heterocycles. The van der Waals surface area contributed by atoms with Gasteiger partial charge in [0.15, 0.2) is 0 Å². The number of hydrogen-bond donors (Lipinski definition) is 1. The van der Waals surface area contributed by atoms with Crippen molar-refractivity contribution in [3.05, 3.63) is 18.0 Å². The second kappa shape index (κ2) is 3.37. The number of nitrogens with two attached hydrogens (primary N) is 1. The maximum absolute atomic E-state index is 5.76. The third-order valence-electron chi connectivity index (χ3n) is 2.62. The minimum Gasteiger partial charge on any atom is -0.380 e. The van der Waals surface area contributed by atoms with Gasteiger partial charge in [0.2, 0.25) is 0 Å². The molecule has 1 aromatic heterocycles. The molecule has 0 aliphatic carbocycles. The summed E-state index contributed by atoms with van der Waals surface area (Å²) in [6.07, 6.45) is 3.86. The van der Waals surface area contributed by atoms with E-state index in [-0.39, 0.29) is 11.5 Å². The van der Waals surface area contributed by atoms with Gasteiger partial charge in [0.25, 0.3) is 0 Å². The minimum absolute atomic E-state index is 0.0641. The highest BCUT2D eigenvalue weighted by Crippen LogP contribution is 2.28. The average Bonchev–Trinajstić information content (AvgIpc) is 2.50. The van der Waals surface area contributed by atoms with E-state index >= 15 is 0 Å². The lowest BCUT2D eigenvalue weighted by molar-refractivity contribution is -0.111. The SMILES string of the molecule is CC(N)c1cnn(CC2(C)COC2)c1. The zero-order valence-electron chi connectivity index (χ0n) is 8.73. The molecule has 0 saturated carbocycles. The fourth-order valence-electron chi connectivity index (χ4n) is 1.63. The highest BCUT2D eigenvalue weighted by molar-refractivity contribution is 5.08. The van der Waals surface area contributed by atoms with E-state index in [4.69, 9.17) is 10.5 Å². The van der Waals surface area contributed by atoms with E-state index in [1.54, 1.807) is 0 Å². The molecule has 1 fully saturated rings. The zero-order valence-corrected chi connectivity index (χ0v) is 8.73. The second-order valence-electron chi connectivity index (χ2n) is 4.56. The van der Waals surface area contributed by atoms with Gasteiger partial charge < -0.3 is 10.5 Å². The van der Waals surface area contributed by atoms with Gasteiger partial charge in [0, 0.05) is 23.2 Å². The van der Waals surface area contributed by atoms with Gasteiger partial charge in [-0.2, -0.15) is 5.10 Å². The molecule has 4 heteroatoms. The Morgan fingerprint density at radius 3 is 2.86 bits per heavy atom. The Balaban J connectivity index is 2.02. The third-order valence-corrected chi connectivity index (χ3v) is 2.62. The topological polar surface area (TPSA) is 53.1 Å². The number of nitrogens with zero attached hydrogens (tertiary/aromatic N) is 2. The Kier molecular flexibility index (Phi) is 2.33. The van der Waals surface area contributed by atoms with Crippen molar-refractivity contribution in [2.45, 2.75) is 26.4 Å². The number of hydrogen-bond acceptors (Lipinski definition) is 3. The van der Waals surface area contributed by atoms with Crippen LogP contribution in [-0.4, -0.2) is 23.0 Å². The molecule has 0 bridgehead atoms. The van der Waals surface area contributed by atoms with Crippen LogP contribution in [0.3, 0.4) is 0 Å². The summed E-state index contributed by atoms with van der Waals surface area (Å²) < 4.78 is 7.16. The predicted octanol–water partition coefficient (Wildman–Crippen LogP) is 0.939. The van der Waals surface area contributed by atoms with E-state index in [1.807, 2.05) is 24.0 Å². The van der Waals surface area contributed by atoms with E-state index < -0.39 is 0 Å². The van der Waals surface area contributed by atoms with Crippen molar-refractivity contribution in [2.75, 3.05) is 13.2 Å². The van der Waals surface area contributed by atoms with E-state index in [0.29, 0.717) is 0 Å². The molecule has 1 aromatic rings. The van der Waals surface area contributed by atoms with Crippen LogP contribution in [0.2, 0.25) is 0 Å². The first-order chi connectivity index (χ1) is 6.59. The first kappa shape index (κ1) is 9.68. The molecular weight excluding hydrogens is 178 g/mol. The van der Waals surface area contributed by atoms with Gasteiger partial charge in [0.05, 0.1) is 26.0 Å². The Bertz CT molecular complexity index is 315. The van der Waals surface area contributed by atoms with Crippen molar-refractivity contribution < 1.29 is 4.74 Å². The highest BCUT2D eigenvalue weighted by atomic mass is 16.5.